The Kier molecular flexibility index (Phi) is 3.94. The maximum Gasteiger partial charge on any atom is 0.123 e. The van der Waals surface area contributed by atoms with Crippen molar-refractivity contribution in [2.24, 2.45) is 0 Å². The summed E-state index contributed by atoms with van der Waals surface area (Å²) in [6.45, 7) is 0.164. The van der Waals surface area contributed by atoms with Gasteiger partial charge < -0.3 is 10.5 Å². The molecule has 18 heavy (non-hydrogen) atoms. The summed E-state index contributed by atoms with van der Waals surface area (Å²) < 4.78 is 18.5. The third-order valence-corrected chi connectivity index (χ3v) is 3.07. The monoisotopic (exact) mass is 285 g/mol. The van der Waals surface area contributed by atoms with Gasteiger partial charge in [-0.1, -0.05) is 23.2 Å². The van der Waals surface area contributed by atoms with Crippen molar-refractivity contribution < 1.29 is 9.13 Å². The molecule has 0 saturated heterocycles. The Morgan fingerprint density at radius 2 is 1.83 bits per heavy atom. The van der Waals surface area contributed by atoms with Crippen molar-refractivity contribution in [3.63, 3.8) is 0 Å². The Balaban J connectivity index is 2.11. The van der Waals surface area contributed by atoms with Gasteiger partial charge in [-0.05, 0) is 30.3 Å². The second-order valence-electron chi connectivity index (χ2n) is 3.71. The van der Waals surface area contributed by atoms with Crippen LogP contribution in [0.5, 0.6) is 5.75 Å². The summed E-state index contributed by atoms with van der Waals surface area (Å²) in [6, 6.07) is 9.06. The van der Waals surface area contributed by atoms with Crippen LogP contribution in [0.1, 0.15) is 5.56 Å². The van der Waals surface area contributed by atoms with Gasteiger partial charge in [0.2, 0.25) is 0 Å². The van der Waals surface area contributed by atoms with Crippen molar-refractivity contribution in [1.82, 2.24) is 0 Å². The van der Waals surface area contributed by atoms with E-state index in [-0.39, 0.29) is 12.4 Å². The summed E-state index contributed by atoms with van der Waals surface area (Å²) in [7, 11) is 0. The van der Waals surface area contributed by atoms with Crippen LogP contribution in [0.3, 0.4) is 0 Å². The summed E-state index contributed by atoms with van der Waals surface area (Å²) in [5, 5.41) is 0.871. The average Bonchev–Trinajstić information content (AvgIpc) is 2.34. The smallest absolute Gasteiger partial charge is 0.123 e. The fraction of sp³-hybridized carbons (Fsp3) is 0.0769. The summed E-state index contributed by atoms with van der Waals surface area (Å²) >= 11 is 11.8. The number of halogens is 3. The zero-order valence-corrected chi connectivity index (χ0v) is 10.8. The molecule has 2 rings (SSSR count). The molecule has 2 aromatic rings. The molecule has 0 amide bonds. The second kappa shape index (κ2) is 5.46. The van der Waals surface area contributed by atoms with Crippen LogP contribution < -0.4 is 10.5 Å². The molecule has 0 spiro atoms. The first kappa shape index (κ1) is 13.0. The topological polar surface area (TPSA) is 35.2 Å². The predicted molar refractivity (Wildman–Crippen MR) is 71.6 cm³/mol. The molecule has 2 nitrogen and oxygen atoms in total. The van der Waals surface area contributed by atoms with Gasteiger partial charge in [-0.15, -0.1) is 0 Å². The minimum atomic E-state index is -0.353. The van der Waals surface area contributed by atoms with Gasteiger partial charge in [0, 0.05) is 16.7 Å². The number of nitrogens with two attached hydrogens (primary N) is 1. The van der Waals surface area contributed by atoms with Crippen LogP contribution in [0.2, 0.25) is 10.0 Å². The third-order valence-electron chi connectivity index (χ3n) is 2.37. The van der Waals surface area contributed by atoms with E-state index in [0.29, 0.717) is 27.0 Å². The molecule has 0 atom stereocenters. The van der Waals surface area contributed by atoms with Gasteiger partial charge in [0.1, 0.15) is 18.2 Å². The lowest BCUT2D eigenvalue weighted by molar-refractivity contribution is 0.305. The lowest BCUT2D eigenvalue weighted by Gasteiger charge is -2.09. The van der Waals surface area contributed by atoms with Gasteiger partial charge in [-0.2, -0.15) is 0 Å². The molecule has 0 saturated carbocycles. The fourth-order valence-electron chi connectivity index (χ4n) is 1.41. The highest BCUT2D eigenvalue weighted by Crippen LogP contribution is 2.25. The summed E-state index contributed by atoms with van der Waals surface area (Å²) in [4.78, 5) is 0. The molecular weight excluding hydrogens is 276 g/mol. The van der Waals surface area contributed by atoms with Crippen molar-refractivity contribution in [3.05, 3.63) is 57.8 Å². The molecule has 0 fully saturated rings. The average molecular weight is 286 g/mol. The first-order chi connectivity index (χ1) is 8.56. The molecule has 0 aromatic heterocycles. The zero-order chi connectivity index (χ0) is 13.1. The normalized spacial score (nSPS) is 10.4. The van der Waals surface area contributed by atoms with E-state index in [2.05, 4.69) is 0 Å². The van der Waals surface area contributed by atoms with Gasteiger partial charge >= 0.3 is 0 Å². The molecule has 2 N–H and O–H groups in total. The van der Waals surface area contributed by atoms with Crippen LogP contribution in [-0.2, 0) is 6.61 Å². The molecule has 0 aliphatic rings. The first-order valence-electron chi connectivity index (χ1n) is 5.18. The van der Waals surface area contributed by atoms with Gasteiger partial charge in [0.25, 0.3) is 0 Å². The quantitative estimate of drug-likeness (QED) is 0.854. The highest BCUT2D eigenvalue weighted by molar-refractivity contribution is 6.33. The standard InChI is InChI=1S/C13H10Cl2FNO/c14-11-3-1-9(16)5-8(11)7-18-10-2-4-13(17)12(15)6-10/h1-6H,7,17H2. The molecule has 0 radical (unpaired) electrons. The molecule has 0 aliphatic heterocycles. The van der Waals surface area contributed by atoms with Crippen molar-refractivity contribution >= 4 is 28.9 Å². The van der Waals surface area contributed by atoms with Crippen molar-refractivity contribution in [3.8, 4) is 5.75 Å². The molecule has 0 bridgehead atoms. The minimum absolute atomic E-state index is 0.164. The summed E-state index contributed by atoms with van der Waals surface area (Å²) in [5.41, 5.74) is 6.63. The molecule has 2 aromatic carbocycles. The van der Waals surface area contributed by atoms with Crippen LogP contribution >= 0.6 is 23.2 Å². The van der Waals surface area contributed by atoms with Crippen LogP contribution in [-0.4, -0.2) is 0 Å². The second-order valence-corrected chi connectivity index (χ2v) is 4.52. The van der Waals surface area contributed by atoms with Crippen LogP contribution in [0, 0.1) is 5.82 Å². The number of ether oxygens (including phenoxy) is 1. The van der Waals surface area contributed by atoms with Crippen LogP contribution in [0.4, 0.5) is 10.1 Å². The largest absolute Gasteiger partial charge is 0.489 e. The van der Waals surface area contributed by atoms with E-state index >= 15 is 0 Å². The van der Waals surface area contributed by atoms with Crippen LogP contribution in [0.25, 0.3) is 0 Å². The molecule has 0 aliphatic carbocycles. The number of rotatable bonds is 3. The van der Waals surface area contributed by atoms with Gasteiger partial charge in [-0.3, -0.25) is 0 Å². The molecule has 94 valence electrons. The third kappa shape index (κ3) is 3.06. The van der Waals surface area contributed by atoms with Crippen molar-refractivity contribution in [2.75, 3.05) is 5.73 Å². The van der Waals surface area contributed by atoms with Gasteiger partial charge in [-0.25, -0.2) is 4.39 Å². The number of nitrogen functional groups attached to an aromatic ring is 1. The lowest BCUT2D eigenvalue weighted by Crippen LogP contribution is -1.97. The van der Waals surface area contributed by atoms with E-state index in [1.807, 2.05) is 0 Å². The molecular formula is C13H10Cl2FNO. The van der Waals surface area contributed by atoms with E-state index in [1.54, 1.807) is 18.2 Å². The van der Waals surface area contributed by atoms with Crippen molar-refractivity contribution in [1.29, 1.82) is 0 Å². The van der Waals surface area contributed by atoms with E-state index in [4.69, 9.17) is 33.7 Å². The van der Waals surface area contributed by atoms with E-state index < -0.39 is 0 Å². The summed E-state index contributed by atoms with van der Waals surface area (Å²) in [5.74, 6) is 0.197. The number of hydrogen-bond acceptors (Lipinski definition) is 2. The number of anilines is 1. The minimum Gasteiger partial charge on any atom is -0.489 e. The Morgan fingerprint density at radius 3 is 2.56 bits per heavy atom. The highest BCUT2D eigenvalue weighted by Gasteiger charge is 2.04. The Labute approximate surface area is 114 Å². The van der Waals surface area contributed by atoms with E-state index in [1.165, 1.54) is 18.2 Å². The fourth-order valence-corrected chi connectivity index (χ4v) is 1.76. The van der Waals surface area contributed by atoms with Gasteiger partial charge in [0.05, 0.1) is 10.7 Å². The number of benzene rings is 2. The van der Waals surface area contributed by atoms with E-state index in [0.717, 1.165) is 0 Å². The Bertz CT molecular complexity index is 575. The van der Waals surface area contributed by atoms with Crippen LogP contribution in [0.15, 0.2) is 36.4 Å². The summed E-state index contributed by atoms with van der Waals surface area (Å²) in [6.07, 6.45) is 0. The van der Waals surface area contributed by atoms with Gasteiger partial charge in [0.15, 0.2) is 0 Å². The predicted octanol–water partition coefficient (Wildman–Crippen LogP) is 4.29. The zero-order valence-electron chi connectivity index (χ0n) is 9.29. The number of hydrogen-bond donors (Lipinski definition) is 1. The Hall–Kier alpha value is -1.45. The molecule has 0 heterocycles. The highest BCUT2D eigenvalue weighted by atomic mass is 35.5. The maximum atomic E-state index is 13.0. The molecule has 0 unspecified atom stereocenters. The molecule has 5 heteroatoms. The maximum absolute atomic E-state index is 13.0. The Morgan fingerprint density at radius 1 is 1.06 bits per heavy atom. The first-order valence-corrected chi connectivity index (χ1v) is 5.93. The lowest BCUT2D eigenvalue weighted by atomic mass is 10.2. The van der Waals surface area contributed by atoms with E-state index in [9.17, 15) is 4.39 Å². The van der Waals surface area contributed by atoms with Crippen molar-refractivity contribution in [2.45, 2.75) is 6.61 Å². The SMILES string of the molecule is Nc1ccc(OCc2cc(F)ccc2Cl)cc1Cl.